The Morgan fingerprint density at radius 2 is 1.84 bits per heavy atom. The Morgan fingerprint density at radius 1 is 1.06 bits per heavy atom. The van der Waals surface area contributed by atoms with E-state index in [9.17, 15) is 14.0 Å². The molecule has 1 fully saturated rings. The molecule has 0 radical (unpaired) electrons. The zero-order valence-corrected chi connectivity index (χ0v) is 17.9. The first-order chi connectivity index (χ1) is 15.0. The Bertz CT molecular complexity index is 1200. The topological polar surface area (TPSA) is 40.6 Å². The largest absolute Gasteiger partial charge is 0.311 e. The van der Waals surface area contributed by atoms with E-state index >= 15 is 0 Å². The molecular formula is C25H21FN2O2S. The standard InChI is InChI=1S/C25H21FN2O2S/c1-17-7-6-8-18(15-17)16-27-22-12-5-3-10-20(22)25(24(27)30)28(13-14-31-25)23(29)19-9-2-4-11-21(19)26/h2-12,15H,13-14,16H2,1H3/t25-/m1/s1. The highest BCUT2D eigenvalue weighted by Gasteiger charge is 2.59. The summed E-state index contributed by atoms with van der Waals surface area (Å²) in [5.41, 5.74) is 3.73. The lowest BCUT2D eigenvalue weighted by atomic mass is 10.0. The molecule has 6 heteroatoms. The van der Waals surface area contributed by atoms with Crippen molar-refractivity contribution in [2.75, 3.05) is 17.2 Å². The third-order valence-electron chi connectivity index (χ3n) is 5.87. The Hall–Kier alpha value is -3.12. The molecule has 0 aliphatic carbocycles. The van der Waals surface area contributed by atoms with E-state index in [1.165, 1.54) is 23.9 Å². The number of carbonyl (C=O) groups is 2. The molecule has 0 bridgehead atoms. The van der Waals surface area contributed by atoms with Crippen LogP contribution in [0.25, 0.3) is 0 Å². The minimum atomic E-state index is -1.17. The lowest BCUT2D eigenvalue weighted by Gasteiger charge is -2.33. The highest BCUT2D eigenvalue weighted by molar-refractivity contribution is 8.01. The van der Waals surface area contributed by atoms with Crippen molar-refractivity contribution in [2.45, 2.75) is 18.3 Å². The highest BCUT2D eigenvalue weighted by Crippen LogP contribution is 2.54. The van der Waals surface area contributed by atoms with Crippen LogP contribution in [0.5, 0.6) is 0 Å². The summed E-state index contributed by atoms with van der Waals surface area (Å²) in [6.07, 6.45) is 0. The van der Waals surface area contributed by atoms with Gasteiger partial charge < -0.3 is 9.80 Å². The molecule has 156 valence electrons. The van der Waals surface area contributed by atoms with Gasteiger partial charge in [0.25, 0.3) is 11.8 Å². The summed E-state index contributed by atoms with van der Waals surface area (Å²) < 4.78 is 14.4. The fourth-order valence-electron chi connectivity index (χ4n) is 4.50. The molecule has 0 saturated carbocycles. The zero-order chi connectivity index (χ0) is 21.6. The number of rotatable bonds is 3. The van der Waals surface area contributed by atoms with Gasteiger partial charge in [0.1, 0.15) is 5.82 Å². The molecule has 31 heavy (non-hydrogen) atoms. The number of para-hydroxylation sites is 1. The van der Waals surface area contributed by atoms with Gasteiger partial charge in [-0.15, -0.1) is 11.8 Å². The van der Waals surface area contributed by atoms with Crippen LogP contribution in [-0.2, 0) is 16.2 Å². The van der Waals surface area contributed by atoms with E-state index in [0.717, 1.165) is 22.4 Å². The van der Waals surface area contributed by atoms with Crippen LogP contribution >= 0.6 is 11.8 Å². The van der Waals surface area contributed by atoms with Gasteiger partial charge in [-0.1, -0.05) is 60.2 Å². The molecule has 0 aromatic heterocycles. The van der Waals surface area contributed by atoms with Crippen LogP contribution in [-0.4, -0.2) is 29.0 Å². The van der Waals surface area contributed by atoms with Crippen molar-refractivity contribution in [1.82, 2.24) is 4.90 Å². The smallest absolute Gasteiger partial charge is 0.268 e. The van der Waals surface area contributed by atoms with Crippen LogP contribution in [0.2, 0.25) is 0 Å². The third-order valence-corrected chi connectivity index (χ3v) is 7.29. The average molecular weight is 433 g/mol. The second kappa shape index (κ2) is 7.54. The number of hydrogen-bond donors (Lipinski definition) is 0. The number of carbonyl (C=O) groups excluding carboxylic acids is 2. The van der Waals surface area contributed by atoms with Crippen molar-refractivity contribution in [3.63, 3.8) is 0 Å². The predicted octanol–water partition coefficient (Wildman–Crippen LogP) is 4.72. The molecular weight excluding hydrogens is 411 g/mol. The maximum absolute atomic E-state index is 14.4. The second-order valence-corrected chi connectivity index (χ2v) is 9.11. The van der Waals surface area contributed by atoms with Gasteiger partial charge in [-0.3, -0.25) is 9.59 Å². The first-order valence-electron chi connectivity index (χ1n) is 10.2. The van der Waals surface area contributed by atoms with E-state index < -0.39 is 16.6 Å². The second-order valence-electron chi connectivity index (χ2n) is 7.83. The predicted molar refractivity (Wildman–Crippen MR) is 120 cm³/mol. The molecule has 4 nitrogen and oxygen atoms in total. The first-order valence-corrected chi connectivity index (χ1v) is 11.2. The van der Waals surface area contributed by atoms with Crippen LogP contribution in [0, 0.1) is 12.7 Å². The molecule has 1 spiro atoms. The fraction of sp³-hybridized carbons (Fsp3) is 0.200. The summed E-state index contributed by atoms with van der Waals surface area (Å²) in [5.74, 6) is -0.570. The molecule has 0 unspecified atom stereocenters. The molecule has 3 aromatic rings. The van der Waals surface area contributed by atoms with Crippen molar-refractivity contribution in [3.05, 3.63) is 101 Å². The monoisotopic (exact) mass is 432 g/mol. The number of thioether (sulfide) groups is 1. The highest BCUT2D eigenvalue weighted by atomic mass is 32.2. The van der Waals surface area contributed by atoms with Crippen molar-refractivity contribution >= 4 is 29.3 Å². The van der Waals surface area contributed by atoms with Crippen molar-refractivity contribution < 1.29 is 14.0 Å². The van der Waals surface area contributed by atoms with E-state index in [2.05, 4.69) is 6.07 Å². The van der Waals surface area contributed by atoms with E-state index in [1.54, 1.807) is 21.9 Å². The maximum atomic E-state index is 14.4. The summed E-state index contributed by atoms with van der Waals surface area (Å²) in [7, 11) is 0. The van der Waals surface area contributed by atoms with E-state index in [0.29, 0.717) is 18.8 Å². The van der Waals surface area contributed by atoms with Crippen molar-refractivity contribution in [2.24, 2.45) is 0 Å². The third kappa shape index (κ3) is 3.05. The Balaban J connectivity index is 1.59. The zero-order valence-electron chi connectivity index (χ0n) is 17.0. The van der Waals surface area contributed by atoms with Crippen LogP contribution in [0.1, 0.15) is 27.0 Å². The van der Waals surface area contributed by atoms with Gasteiger partial charge in [-0.2, -0.15) is 0 Å². The lowest BCUT2D eigenvalue weighted by Crippen LogP contribution is -2.50. The van der Waals surface area contributed by atoms with Crippen LogP contribution in [0.3, 0.4) is 0 Å². The Morgan fingerprint density at radius 3 is 2.65 bits per heavy atom. The number of anilines is 1. The Kier molecular flexibility index (Phi) is 4.82. The van der Waals surface area contributed by atoms with Crippen LogP contribution in [0.15, 0.2) is 72.8 Å². The number of hydrogen-bond acceptors (Lipinski definition) is 3. The van der Waals surface area contributed by atoms with Gasteiger partial charge in [0.2, 0.25) is 0 Å². The summed E-state index contributed by atoms with van der Waals surface area (Å²) in [6, 6.07) is 21.6. The van der Waals surface area contributed by atoms with Gasteiger partial charge >= 0.3 is 0 Å². The van der Waals surface area contributed by atoms with Gasteiger partial charge in [0.05, 0.1) is 17.8 Å². The lowest BCUT2D eigenvalue weighted by molar-refractivity contribution is -0.123. The summed E-state index contributed by atoms with van der Waals surface area (Å²) in [5, 5.41) is 0. The van der Waals surface area contributed by atoms with E-state index in [-0.39, 0.29) is 11.5 Å². The fourth-order valence-corrected chi connectivity index (χ4v) is 5.96. The molecule has 2 aliphatic rings. The molecule has 1 saturated heterocycles. The molecule has 2 aliphatic heterocycles. The van der Waals surface area contributed by atoms with Gasteiger partial charge in [0.15, 0.2) is 4.87 Å². The van der Waals surface area contributed by atoms with Gasteiger partial charge in [-0.05, 0) is 30.7 Å². The minimum Gasteiger partial charge on any atom is -0.311 e. The number of benzene rings is 3. The molecule has 0 N–H and O–H groups in total. The number of halogens is 1. The quantitative estimate of drug-likeness (QED) is 0.601. The van der Waals surface area contributed by atoms with E-state index in [1.807, 2.05) is 49.4 Å². The molecule has 2 heterocycles. The summed E-state index contributed by atoms with van der Waals surface area (Å²) in [6.45, 7) is 2.82. The molecule has 1 atom stereocenters. The maximum Gasteiger partial charge on any atom is 0.268 e. The normalized spacial score (nSPS) is 19.9. The SMILES string of the molecule is Cc1cccc(CN2C(=O)[C@]3(SCCN3C(=O)c3ccccc3F)c3ccccc32)c1. The number of fused-ring (bicyclic) bond motifs is 2. The Labute approximate surface area is 184 Å². The summed E-state index contributed by atoms with van der Waals surface area (Å²) >= 11 is 1.45. The van der Waals surface area contributed by atoms with Gasteiger partial charge in [-0.25, -0.2) is 4.39 Å². The molecule has 2 amide bonds. The average Bonchev–Trinajstić information content (AvgIpc) is 3.31. The molecule has 5 rings (SSSR count). The minimum absolute atomic E-state index is 0.00760. The summed E-state index contributed by atoms with van der Waals surface area (Å²) in [4.78, 5) is 29.5. The van der Waals surface area contributed by atoms with Gasteiger partial charge in [0, 0.05) is 17.9 Å². The number of nitrogens with zero attached hydrogens (tertiary/aromatic N) is 2. The van der Waals surface area contributed by atoms with E-state index in [4.69, 9.17) is 0 Å². The number of amides is 2. The van der Waals surface area contributed by atoms with Crippen LogP contribution in [0.4, 0.5) is 10.1 Å². The first kappa shape index (κ1) is 19.8. The van der Waals surface area contributed by atoms with Crippen molar-refractivity contribution in [3.8, 4) is 0 Å². The molecule has 3 aromatic carbocycles. The van der Waals surface area contributed by atoms with Crippen LogP contribution < -0.4 is 4.90 Å². The number of aryl methyl sites for hydroxylation is 1. The van der Waals surface area contributed by atoms with Crippen molar-refractivity contribution in [1.29, 1.82) is 0 Å².